The van der Waals surface area contributed by atoms with Crippen LogP contribution in [0.25, 0.3) is 0 Å². The Kier molecular flexibility index (Phi) is 5.00. The minimum absolute atomic E-state index is 0.0344. The number of aromatic carboxylic acids is 1. The van der Waals surface area contributed by atoms with Gasteiger partial charge in [0.15, 0.2) is 5.92 Å². The van der Waals surface area contributed by atoms with E-state index < -0.39 is 23.5 Å². The number of rotatable bonds is 4. The van der Waals surface area contributed by atoms with Crippen LogP contribution in [-0.4, -0.2) is 28.9 Å². The summed E-state index contributed by atoms with van der Waals surface area (Å²) in [7, 11) is 0. The van der Waals surface area contributed by atoms with Gasteiger partial charge in [0, 0.05) is 6.21 Å². The molecular formula is C13H14N2O4S. The fourth-order valence-corrected chi connectivity index (χ4v) is 1.96. The molecule has 7 heteroatoms. The lowest BCUT2D eigenvalue weighted by molar-refractivity contribution is -0.155. The number of ether oxygens (including phenoxy) is 1. The van der Waals surface area contributed by atoms with E-state index in [1.807, 2.05) is 0 Å². The maximum Gasteiger partial charge on any atom is 0.338 e. The third-order valence-electron chi connectivity index (χ3n) is 2.02. The maximum absolute atomic E-state index is 11.7. The van der Waals surface area contributed by atoms with Crippen molar-refractivity contribution in [3.8, 4) is 6.07 Å². The lowest BCUT2D eigenvalue weighted by atomic mass is 10.1. The molecule has 0 saturated carbocycles. The van der Waals surface area contributed by atoms with Crippen molar-refractivity contribution in [2.75, 3.05) is 0 Å². The Morgan fingerprint density at radius 3 is 2.70 bits per heavy atom. The van der Waals surface area contributed by atoms with Crippen molar-refractivity contribution in [3.05, 3.63) is 17.0 Å². The zero-order valence-electron chi connectivity index (χ0n) is 11.3. The quantitative estimate of drug-likeness (QED) is 0.679. The summed E-state index contributed by atoms with van der Waals surface area (Å²) in [6.45, 7) is 5.08. The van der Waals surface area contributed by atoms with E-state index in [0.717, 1.165) is 17.6 Å². The van der Waals surface area contributed by atoms with Gasteiger partial charge >= 0.3 is 11.9 Å². The maximum atomic E-state index is 11.7. The molecule has 1 atom stereocenters. The van der Waals surface area contributed by atoms with Crippen LogP contribution in [0.3, 0.4) is 0 Å². The van der Waals surface area contributed by atoms with Crippen molar-refractivity contribution in [3.63, 3.8) is 0 Å². The van der Waals surface area contributed by atoms with Crippen LogP contribution >= 0.6 is 11.3 Å². The first-order chi connectivity index (χ1) is 9.24. The highest BCUT2D eigenvalue weighted by Crippen LogP contribution is 2.26. The molecule has 0 spiro atoms. The van der Waals surface area contributed by atoms with Crippen molar-refractivity contribution in [1.29, 1.82) is 5.26 Å². The molecule has 0 aliphatic carbocycles. The normalized spacial score (nSPS) is 12.9. The highest BCUT2D eigenvalue weighted by Gasteiger charge is 2.24. The minimum Gasteiger partial charge on any atom is -0.478 e. The van der Waals surface area contributed by atoms with Gasteiger partial charge in [0.05, 0.1) is 11.6 Å². The topological polar surface area (TPSA) is 99.8 Å². The molecule has 0 aliphatic rings. The van der Waals surface area contributed by atoms with Crippen LogP contribution in [0.15, 0.2) is 16.4 Å². The van der Waals surface area contributed by atoms with Crippen LogP contribution in [0.5, 0.6) is 0 Å². The number of carboxylic acid groups (broad SMARTS) is 1. The van der Waals surface area contributed by atoms with E-state index >= 15 is 0 Å². The largest absolute Gasteiger partial charge is 0.478 e. The average molecular weight is 294 g/mol. The lowest BCUT2D eigenvalue weighted by Crippen LogP contribution is -2.28. The smallest absolute Gasteiger partial charge is 0.338 e. The number of thiophene rings is 1. The molecular weight excluding hydrogens is 280 g/mol. The van der Waals surface area contributed by atoms with Gasteiger partial charge in [-0.3, -0.25) is 4.79 Å². The predicted octanol–water partition coefficient (Wildman–Crippen LogP) is 2.63. The van der Waals surface area contributed by atoms with Gasteiger partial charge in [-0.1, -0.05) is 0 Å². The van der Waals surface area contributed by atoms with Crippen LogP contribution in [-0.2, 0) is 9.53 Å². The van der Waals surface area contributed by atoms with Crippen LogP contribution in [0.4, 0.5) is 5.00 Å². The van der Waals surface area contributed by atoms with Gasteiger partial charge in [-0.05, 0) is 32.2 Å². The summed E-state index contributed by atoms with van der Waals surface area (Å²) in [4.78, 5) is 26.5. The molecule has 0 fully saturated rings. The van der Waals surface area contributed by atoms with Gasteiger partial charge in [0.2, 0.25) is 0 Å². The van der Waals surface area contributed by atoms with E-state index in [1.165, 1.54) is 6.07 Å². The summed E-state index contributed by atoms with van der Waals surface area (Å²) < 4.78 is 5.07. The molecule has 0 amide bonds. The molecule has 6 nitrogen and oxygen atoms in total. The highest BCUT2D eigenvalue weighted by molar-refractivity contribution is 7.14. The number of esters is 1. The molecule has 1 aromatic heterocycles. The molecule has 0 aliphatic heterocycles. The number of carboxylic acids is 1. The molecule has 1 heterocycles. The Balaban J connectivity index is 2.86. The highest BCUT2D eigenvalue weighted by atomic mass is 32.1. The minimum atomic E-state index is -1.17. The number of carbonyl (C=O) groups excluding carboxylic acids is 1. The van der Waals surface area contributed by atoms with Gasteiger partial charge in [0.25, 0.3) is 0 Å². The van der Waals surface area contributed by atoms with Crippen LogP contribution in [0, 0.1) is 17.2 Å². The monoisotopic (exact) mass is 294 g/mol. The number of nitriles is 1. The molecule has 1 unspecified atom stereocenters. The number of hydrogen-bond donors (Lipinski definition) is 1. The fourth-order valence-electron chi connectivity index (χ4n) is 1.22. The summed E-state index contributed by atoms with van der Waals surface area (Å²) in [5, 5.41) is 19.7. The Bertz CT molecular complexity index is 578. The fraction of sp³-hybridized carbons (Fsp3) is 0.385. The van der Waals surface area contributed by atoms with Crippen LogP contribution in [0.1, 0.15) is 31.1 Å². The second-order valence-electron chi connectivity index (χ2n) is 4.86. The molecule has 1 aromatic rings. The van der Waals surface area contributed by atoms with E-state index in [2.05, 4.69) is 4.99 Å². The number of nitrogens with zero attached hydrogens (tertiary/aromatic N) is 2. The lowest BCUT2D eigenvalue weighted by Gasteiger charge is -2.20. The molecule has 20 heavy (non-hydrogen) atoms. The Morgan fingerprint density at radius 2 is 2.20 bits per heavy atom. The van der Waals surface area contributed by atoms with Gasteiger partial charge in [-0.15, -0.1) is 11.3 Å². The number of carbonyl (C=O) groups is 2. The van der Waals surface area contributed by atoms with E-state index in [-0.39, 0.29) is 10.6 Å². The van der Waals surface area contributed by atoms with Crippen LogP contribution < -0.4 is 0 Å². The summed E-state index contributed by atoms with van der Waals surface area (Å²) in [6.07, 6.45) is 1.10. The standard InChI is InChI=1S/C13H14N2O4S/c1-13(2,3)19-12(18)8(6-14)7-15-10-9(11(16)17)4-5-20-10/h4-5,7-8H,1-3H3,(H,16,17). The average Bonchev–Trinajstić information content (AvgIpc) is 2.75. The second kappa shape index (κ2) is 6.30. The van der Waals surface area contributed by atoms with Crippen molar-refractivity contribution >= 4 is 34.5 Å². The van der Waals surface area contributed by atoms with Crippen molar-refractivity contribution in [2.24, 2.45) is 10.9 Å². The summed E-state index contributed by atoms with van der Waals surface area (Å²) >= 11 is 1.11. The first kappa shape index (κ1) is 15.9. The Morgan fingerprint density at radius 1 is 1.55 bits per heavy atom. The van der Waals surface area contributed by atoms with Gasteiger partial charge in [-0.25, -0.2) is 9.79 Å². The molecule has 0 saturated heterocycles. The van der Waals surface area contributed by atoms with Gasteiger partial charge < -0.3 is 9.84 Å². The predicted molar refractivity (Wildman–Crippen MR) is 74.4 cm³/mol. The molecule has 0 aromatic carbocycles. The van der Waals surface area contributed by atoms with E-state index in [0.29, 0.717) is 0 Å². The van der Waals surface area contributed by atoms with Gasteiger partial charge in [0.1, 0.15) is 10.6 Å². The van der Waals surface area contributed by atoms with E-state index in [9.17, 15) is 9.59 Å². The third kappa shape index (κ3) is 4.48. The number of hydrogen-bond acceptors (Lipinski definition) is 6. The summed E-state index contributed by atoms with van der Waals surface area (Å²) in [6, 6.07) is 3.18. The number of aliphatic imine (C=N–C) groups is 1. The molecule has 1 N–H and O–H groups in total. The SMILES string of the molecule is CC(C)(C)OC(=O)C(C#N)C=Nc1sccc1C(=O)O. The van der Waals surface area contributed by atoms with Crippen LogP contribution in [0.2, 0.25) is 0 Å². The first-order valence-electron chi connectivity index (χ1n) is 5.72. The third-order valence-corrected chi connectivity index (χ3v) is 2.84. The van der Waals surface area contributed by atoms with Crippen molar-refractivity contribution in [1.82, 2.24) is 0 Å². The summed E-state index contributed by atoms with van der Waals surface area (Å²) in [5.74, 6) is -2.99. The second-order valence-corrected chi connectivity index (χ2v) is 5.76. The summed E-state index contributed by atoms with van der Waals surface area (Å²) in [5.41, 5.74) is -0.665. The van der Waals surface area contributed by atoms with Gasteiger partial charge in [-0.2, -0.15) is 5.26 Å². The van der Waals surface area contributed by atoms with Crippen molar-refractivity contribution in [2.45, 2.75) is 26.4 Å². The van der Waals surface area contributed by atoms with E-state index in [4.69, 9.17) is 15.1 Å². The molecule has 0 bridgehead atoms. The Labute approximate surface area is 120 Å². The van der Waals surface area contributed by atoms with E-state index in [1.54, 1.807) is 32.2 Å². The molecule has 1 rings (SSSR count). The Hall–Kier alpha value is -2.20. The zero-order valence-corrected chi connectivity index (χ0v) is 12.1. The molecule has 0 radical (unpaired) electrons. The van der Waals surface area contributed by atoms with Crippen molar-refractivity contribution < 1.29 is 19.4 Å². The molecule has 106 valence electrons. The zero-order chi connectivity index (χ0) is 15.3. The first-order valence-corrected chi connectivity index (χ1v) is 6.60.